The van der Waals surface area contributed by atoms with Crippen LogP contribution in [0.1, 0.15) is 28.5 Å². The van der Waals surface area contributed by atoms with Gasteiger partial charge in [0, 0.05) is 16.8 Å². The molecule has 146 valence electrons. The molecule has 3 rings (SSSR count). The fourth-order valence-corrected chi connectivity index (χ4v) is 3.36. The smallest absolute Gasteiger partial charge is 0.357 e. The second-order valence-electron chi connectivity index (χ2n) is 5.84. The molecule has 1 amide bonds. The Morgan fingerprint density at radius 2 is 2.11 bits per heavy atom. The van der Waals surface area contributed by atoms with Gasteiger partial charge in [-0.3, -0.25) is 4.79 Å². The summed E-state index contributed by atoms with van der Waals surface area (Å²) in [6, 6.07) is 5.16. The van der Waals surface area contributed by atoms with Crippen LogP contribution in [0.5, 0.6) is 5.75 Å². The van der Waals surface area contributed by atoms with Crippen molar-refractivity contribution in [1.82, 2.24) is 4.98 Å². The number of carbonyl (C=O) groups excluding carboxylic acids is 2. The molecule has 0 aliphatic carbocycles. The van der Waals surface area contributed by atoms with Crippen LogP contribution in [-0.4, -0.2) is 30.6 Å². The lowest BCUT2D eigenvalue weighted by Gasteiger charge is -2.08. The molecule has 0 bridgehead atoms. The summed E-state index contributed by atoms with van der Waals surface area (Å²) in [4.78, 5) is 40.4. The summed E-state index contributed by atoms with van der Waals surface area (Å²) in [7, 11) is 1.52. The molecular formula is C19H18N2O6S. The van der Waals surface area contributed by atoms with E-state index in [0.717, 1.165) is 16.7 Å². The lowest BCUT2D eigenvalue weighted by atomic mass is 10.0. The first kappa shape index (κ1) is 19.6. The molecule has 28 heavy (non-hydrogen) atoms. The van der Waals surface area contributed by atoms with E-state index in [9.17, 15) is 14.4 Å². The zero-order valence-corrected chi connectivity index (χ0v) is 16.3. The van der Waals surface area contributed by atoms with Crippen molar-refractivity contribution in [2.75, 3.05) is 19.0 Å². The minimum atomic E-state index is -0.584. The standard InChI is InChI=1S/C19H18N2O6S/c1-4-26-18(24)14-9-28-19(20-14)21-16(22)8-13-10(2)12-6-5-11(25-3)7-15(12)27-17(13)23/h5-7,9H,4,8H2,1-3H3,(H,20,21,22). The molecule has 8 nitrogen and oxygen atoms in total. The maximum atomic E-state index is 12.4. The van der Waals surface area contributed by atoms with Crippen molar-refractivity contribution >= 4 is 39.3 Å². The Hall–Kier alpha value is -3.20. The van der Waals surface area contributed by atoms with Crippen molar-refractivity contribution in [2.45, 2.75) is 20.3 Å². The average Bonchev–Trinajstić information content (AvgIpc) is 3.13. The van der Waals surface area contributed by atoms with E-state index in [-0.39, 0.29) is 29.4 Å². The molecule has 0 saturated heterocycles. The molecule has 9 heteroatoms. The number of rotatable bonds is 6. The molecule has 2 heterocycles. The lowest BCUT2D eigenvalue weighted by Crippen LogP contribution is -2.20. The van der Waals surface area contributed by atoms with E-state index < -0.39 is 17.5 Å². The minimum absolute atomic E-state index is 0.123. The molecule has 2 aromatic heterocycles. The Morgan fingerprint density at radius 3 is 2.82 bits per heavy atom. The third-order valence-electron chi connectivity index (χ3n) is 4.07. The number of fused-ring (bicyclic) bond motifs is 1. The van der Waals surface area contributed by atoms with Gasteiger partial charge in [0.25, 0.3) is 0 Å². The molecule has 1 N–H and O–H groups in total. The zero-order valence-electron chi connectivity index (χ0n) is 15.5. The van der Waals surface area contributed by atoms with Crippen molar-refractivity contribution < 1.29 is 23.5 Å². The maximum Gasteiger partial charge on any atom is 0.357 e. The van der Waals surface area contributed by atoms with Gasteiger partial charge in [0.15, 0.2) is 10.8 Å². The number of nitrogens with one attached hydrogen (secondary N) is 1. The first-order chi connectivity index (χ1) is 13.4. The molecule has 0 spiro atoms. The maximum absolute atomic E-state index is 12.4. The molecule has 0 unspecified atom stereocenters. The number of benzene rings is 1. The number of ether oxygens (including phenoxy) is 2. The number of hydrogen-bond donors (Lipinski definition) is 1. The molecule has 0 aliphatic heterocycles. The predicted molar refractivity (Wildman–Crippen MR) is 104 cm³/mol. The van der Waals surface area contributed by atoms with Crippen LogP contribution in [0.15, 0.2) is 32.8 Å². The second kappa shape index (κ2) is 8.22. The fourth-order valence-electron chi connectivity index (χ4n) is 2.66. The van der Waals surface area contributed by atoms with Gasteiger partial charge in [-0.2, -0.15) is 0 Å². The molecule has 3 aromatic rings. The number of esters is 1. The Morgan fingerprint density at radius 1 is 1.32 bits per heavy atom. The van der Waals surface area contributed by atoms with E-state index in [4.69, 9.17) is 13.9 Å². The number of hydrogen-bond acceptors (Lipinski definition) is 8. The van der Waals surface area contributed by atoms with E-state index in [1.165, 1.54) is 12.5 Å². The molecule has 0 fully saturated rings. The van der Waals surface area contributed by atoms with Crippen LogP contribution < -0.4 is 15.7 Å². The van der Waals surface area contributed by atoms with Crippen molar-refractivity contribution in [2.24, 2.45) is 0 Å². The average molecular weight is 402 g/mol. The summed E-state index contributed by atoms with van der Waals surface area (Å²) >= 11 is 1.10. The first-order valence-corrected chi connectivity index (χ1v) is 9.33. The van der Waals surface area contributed by atoms with Crippen molar-refractivity contribution in [3.05, 3.63) is 50.8 Å². The molecule has 0 radical (unpaired) electrons. The van der Waals surface area contributed by atoms with Crippen molar-refractivity contribution in [3.8, 4) is 5.75 Å². The fraction of sp³-hybridized carbons (Fsp3) is 0.263. The van der Waals surface area contributed by atoms with Gasteiger partial charge in [-0.25, -0.2) is 14.6 Å². The van der Waals surface area contributed by atoms with E-state index >= 15 is 0 Å². The van der Waals surface area contributed by atoms with E-state index in [2.05, 4.69) is 10.3 Å². The normalized spacial score (nSPS) is 10.7. The number of methoxy groups -OCH3 is 1. The van der Waals surface area contributed by atoms with Crippen LogP contribution in [0.4, 0.5) is 5.13 Å². The van der Waals surface area contributed by atoms with Gasteiger partial charge >= 0.3 is 11.6 Å². The summed E-state index contributed by atoms with van der Waals surface area (Å²) in [5.41, 5.74) is 0.856. The topological polar surface area (TPSA) is 108 Å². The van der Waals surface area contributed by atoms with E-state index in [1.807, 2.05) is 0 Å². The van der Waals surface area contributed by atoms with Crippen LogP contribution in [0, 0.1) is 6.92 Å². The number of amides is 1. The zero-order chi connectivity index (χ0) is 20.3. The van der Waals surface area contributed by atoms with E-state index in [1.54, 1.807) is 32.0 Å². The van der Waals surface area contributed by atoms with Crippen LogP contribution in [-0.2, 0) is 16.0 Å². The Balaban J connectivity index is 1.80. The van der Waals surface area contributed by atoms with Gasteiger partial charge in [-0.15, -0.1) is 11.3 Å². The summed E-state index contributed by atoms with van der Waals surface area (Å²) in [5, 5.41) is 5.06. The highest BCUT2D eigenvalue weighted by molar-refractivity contribution is 7.14. The van der Waals surface area contributed by atoms with E-state index in [0.29, 0.717) is 16.9 Å². The monoisotopic (exact) mass is 402 g/mol. The van der Waals surface area contributed by atoms with Gasteiger partial charge in [-0.05, 0) is 31.5 Å². The molecular weight excluding hydrogens is 384 g/mol. The second-order valence-corrected chi connectivity index (χ2v) is 6.70. The van der Waals surface area contributed by atoms with Gasteiger partial charge in [0.2, 0.25) is 5.91 Å². The molecule has 0 saturated carbocycles. The number of aryl methyl sites for hydroxylation is 1. The Kier molecular flexibility index (Phi) is 5.74. The Labute approximate surface area is 164 Å². The molecule has 0 atom stereocenters. The first-order valence-electron chi connectivity index (χ1n) is 8.45. The van der Waals surface area contributed by atoms with Crippen LogP contribution in [0.3, 0.4) is 0 Å². The summed E-state index contributed by atoms with van der Waals surface area (Å²) < 4.78 is 15.3. The summed E-state index contributed by atoms with van der Waals surface area (Å²) in [6.45, 7) is 3.69. The van der Waals surface area contributed by atoms with Gasteiger partial charge in [-0.1, -0.05) is 0 Å². The number of aromatic nitrogens is 1. The lowest BCUT2D eigenvalue weighted by molar-refractivity contribution is -0.115. The highest BCUT2D eigenvalue weighted by Crippen LogP contribution is 2.24. The third kappa shape index (κ3) is 4.04. The van der Waals surface area contributed by atoms with Crippen LogP contribution >= 0.6 is 11.3 Å². The van der Waals surface area contributed by atoms with Gasteiger partial charge in [0.1, 0.15) is 11.3 Å². The number of anilines is 1. The SMILES string of the molecule is CCOC(=O)c1csc(NC(=O)Cc2c(C)c3ccc(OC)cc3oc2=O)n1. The third-order valence-corrected chi connectivity index (χ3v) is 4.82. The largest absolute Gasteiger partial charge is 0.497 e. The molecule has 1 aromatic carbocycles. The Bertz CT molecular complexity index is 1100. The summed E-state index contributed by atoms with van der Waals surface area (Å²) in [5.74, 6) is -0.421. The van der Waals surface area contributed by atoms with Crippen molar-refractivity contribution in [1.29, 1.82) is 0 Å². The van der Waals surface area contributed by atoms with Crippen LogP contribution in [0.25, 0.3) is 11.0 Å². The highest BCUT2D eigenvalue weighted by Gasteiger charge is 2.17. The minimum Gasteiger partial charge on any atom is -0.497 e. The predicted octanol–water partition coefficient (Wildman–Crippen LogP) is 2.92. The van der Waals surface area contributed by atoms with Crippen molar-refractivity contribution in [3.63, 3.8) is 0 Å². The quantitative estimate of drug-likeness (QED) is 0.499. The highest BCUT2D eigenvalue weighted by atomic mass is 32.1. The van der Waals surface area contributed by atoms with Gasteiger partial charge < -0.3 is 19.2 Å². The summed E-state index contributed by atoms with van der Waals surface area (Å²) in [6.07, 6.45) is -0.176. The molecule has 0 aliphatic rings. The number of thiazole rings is 1. The number of nitrogens with zero attached hydrogens (tertiary/aromatic N) is 1. The number of carbonyl (C=O) groups is 2. The van der Waals surface area contributed by atoms with Crippen LogP contribution in [0.2, 0.25) is 0 Å². The van der Waals surface area contributed by atoms with Gasteiger partial charge in [0.05, 0.1) is 25.7 Å².